The van der Waals surface area contributed by atoms with Crippen LogP contribution in [-0.4, -0.2) is 28.6 Å². The number of H-pyrrole nitrogens is 1. The molecule has 0 unspecified atom stereocenters. The lowest BCUT2D eigenvalue weighted by Crippen LogP contribution is -2.01. The van der Waals surface area contributed by atoms with Gasteiger partial charge in [0.05, 0.1) is 13.3 Å². The van der Waals surface area contributed by atoms with Crippen molar-refractivity contribution in [1.82, 2.24) is 9.97 Å². The molecular weight excluding hydrogens is 293 g/mol. The van der Waals surface area contributed by atoms with Crippen molar-refractivity contribution in [3.63, 3.8) is 0 Å². The van der Waals surface area contributed by atoms with Gasteiger partial charge < -0.3 is 9.72 Å². The maximum atomic E-state index is 12.2. The van der Waals surface area contributed by atoms with Crippen molar-refractivity contribution in [2.75, 3.05) is 7.11 Å². The number of aromatic nitrogens is 2. The van der Waals surface area contributed by atoms with Gasteiger partial charge in [-0.15, -0.1) is 0 Å². The molecular formula is C12H9F3N2O2S. The number of benzene rings is 1. The van der Waals surface area contributed by atoms with Gasteiger partial charge in [-0.05, 0) is 23.9 Å². The van der Waals surface area contributed by atoms with Gasteiger partial charge in [0, 0.05) is 10.5 Å². The van der Waals surface area contributed by atoms with Gasteiger partial charge in [0.15, 0.2) is 0 Å². The summed E-state index contributed by atoms with van der Waals surface area (Å²) in [6, 6.07) is 5.67. The molecule has 20 heavy (non-hydrogen) atoms. The third-order valence-corrected chi connectivity index (χ3v) is 3.08. The highest BCUT2D eigenvalue weighted by Gasteiger charge is 2.29. The minimum atomic E-state index is -4.32. The van der Waals surface area contributed by atoms with E-state index in [0.29, 0.717) is 11.4 Å². The summed E-state index contributed by atoms with van der Waals surface area (Å²) >= 11 is -0.186. The summed E-state index contributed by atoms with van der Waals surface area (Å²) in [6.45, 7) is 0. The number of carbonyl (C=O) groups excluding carboxylic acids is 1. The van der Waals surface area contributed by atoms with Crippen LogP contribution >= 0.6 is 11.8 Å². The van der Waals surface area contributed by atoms with E-state index in [1.54, 1.807) is 0 Å². The average Bonchev–Trinajstić information content (AvgIpc) is 2.86. The van der Waals surface area contributed by atoms with Gasteiger partial charge in [0.25, 0.3) is 0 Å². The number of hydrogen-bond donors (Lipinski definition) is 1. The van der Waals surface area contributed by atoms with E-state index in [9.17, 15) is 18.0 Å². The van der Waals surface area contributed by atoms with Crippen LogP contribution in [0.15, 0.2) is 35.4 Å². The molecule has 1 aromatic heterocycles. The molecule has 2 rings (SSSR count). The molecule has 0 aliphatic rings. The monoisotopic (exact) mass is 302 g/mol. The normalized spacial score (nSPS) is 11.4. The number of aromatic amines is 1. The fraction of sp³-hybridized carbons (Fsp3) is 0.167. The lowest BCUT2D eigenvalue weighted by molar-refractivity contribution is -0.0328. The van der Waals surface area contributed by atoms with Crippen LogP contribution < -0.4 is 0 Å². The Morgan fingerprint density at radius 3 is 2.50 bits per heavy atom. The molecule has 0 aliphatic carbocycles. The molecule has 1 aromatic carbocycles. The Labute approximate surface area is 116 Å². The molecule has 0 bridgehead atoms. The number of thioether (sulfide) groups is 1. The Balaban J connectivity index is 2.18. The van der Waals surface area contributed by atoms with E-state index in [2.05, 4.69) is 14.7 Å². The highest BCUT2D eigenvalue weighted by atomic mass is 32.2. The number of halogens is 3. The standard InChI is InChI=1S/C12H9F3N2O2S/c1-19-11(18)9-6-16-10(17-9)7-2-4-8(5-3-7)20-12(13,14)15/h2-6H,1H3,(H,16,17). The van der Waals surface area contributed by atoms with Crippen molar-refractivity contribution in [2.24, 2.45) is 0 Å². The van der Waals surface area contributed by atoms with Gasteiger partial charge in [-0.1, -0.05) is 12.1 Å². The molecule has 0 spiro atoms. The molecule has 0 radical (unpaired) electrons. The summed E-state index contributed by atoms with van der Waals surface area (Å²) < 4.78 is 41.1. The van der Waals surface area contributed by atoms with E-state index in [1.165, 1.54) is 37.6 Å². The Morgan fingerprint density at radius 1 is 1.30 bits per heavy atom. The predicted octanol–water partition coefficient (Wildman–Crippen LogP) is 3.48. The van der Waals surface area contributed by atoms with Crippen molar-refractivity contribution >= 4 is 17.7 Å². The van der Waals surface area contributed by atoms with Gasteiger partial charge in [0.1, 0.15) is 11.5 Å². The van der Waals surface area contributed by atoms with Crippen molar-refractivity contribution < 1.29 is 22.7 Å². The Kier molecular flexibility index (Phi) is 4.03. The first-order chi connectivity index (χ1) is 9.39. The van der Waals surface area contributed by atoms with E-state index in [1.807, 2.05) is 0 Å². The topological polar surface area (TPSA) is 55.0 Å². The number of alkyl halides is 3. The van der Waals surface area contributed by atoms with Crippen LogP contribution in [0.25, 0.3) is 11.4 Å². The lowest BCUT2D eigenvalue weighted by Gasteiger charge is -2.05. The number of methoxy groups -OCH3 is 1. The van der Waals surface area contributed by atoms with Crippen LogP contribution in [0, 0.1) is 0 Å². The van der Waals surface area contributed by atoms with E-state index in [4.69, 9.17) is 0 Å². The van der Waals surface area contributed by atoms with Gasteiger partial charge in [-0.3, -0.25) is 0 Å². The highest BCUT2D eigenvalue weighted by molar-refractivity contribution is 8.00. The third-order valence-electron chi connectivity index (χ3n) is 2.34. The Morgan fingerprint density at radius 2 is 1.95 bits per heavy atom. The molecule has 0 amide bonds. The number of ether oxygens (including phenoxy) is 1. The molecule has 1 N–H and O–H groups in total. The minimum Gasteiger partial charge on any atom is -0.464 e. The molecule has 4 nitrogen and oxygen atoms in total. The second-order valence-corrected chi connectivity index (χ2v) is 4.85. The van der Waals surface area contributed by atoms with Crippen molar-refractivity contribution in [3.05, 3.63) is 36.2 Å². The quantitative estimate of drug-likeness (QED) is 0.696. The summed E-state index contributed by atoms with van der Waals surface area (Å²) in [6.07, 6.45) is 1.31. The van der Waals surface area contributed by atoms with E-state index < -0.39 is 11.5 Å². The van der Waals surface area contributed by atoms with Crippen molar-refractivity contribution in [3.8, 4) is 11.4 Å². The molecule has 8 heteroatoms. The third kappa shape index (κ3) is 3.53. The summed E-state index contributed by atoms with van der Waals surface area (Å²) in [4.78, 5) is 18.0. The first-order valence-corrected chi connectivity index (χ1v) is 6.20. The van der Waals surface area contributed by atoms with Crippen LogP contribution in [0.2, 0.25) is 0 Å². The highest BCUT2D eigenvalue weighted by Crippen LogP contribution is 2.37. The van der Waals surface area contributed by atoms with Crippen LogP contribution in [0.3, 0.4) is 0 Å². The summed E-state index contributed by atoms with van der Waals surface area (Å²) in [5, 5.41) is 0. The van der Waals surface area contributed by atoms with E-state index >= 15 is 0 Å². The number of imidazole rings is 1. The number of nitrogens with zero attached hydrogens (tertiary/aromatic N) is 1. The zero-order valence-electron chi connectivity index (χ0n) is 10.2. The number of nitrogens with one attached hydrogen (secondary N) is 1. The summed E-state index contributed by atoms with van der Waals surface area (Å²) in [7, 11) is 1.24. The maximum absolute atomic E-state index is 12.2. The van der Waals surface area contributed by atoms with Gasteiger partial charge >= 0.3 is 11.5 Å². The molecule has 0 aliphatic heterocycles. The molecule has 0 fully saturated rings. The van der Waals surface area contributed by atoms with Crippen LogP contribution in [0.5, 0.6) is 0 Å². The van der Waals surface area contributed by atoms with Gasteiger partial charge in [-0.2, -0.15) is 13.2 Å². The van der Waals surface area contributed by atoms with Crippen LogP contribution in [-0.2, 0) is 4.74 Å². The Hall–Kier alpha value is -1.96. The smallest absolute Gasteiger partial charge is 0.446 e. The molecule has 0 saturated heterocycles. The van der Waals surface area contributed by atoms with Crippen molar-refractivity contribution in [1.29, 1.82) is 0 Å². The van der Waals surface area contributed by atoms with Crippen LogP contribution in [0.1, 0.15) is 10.5 Å². The second kappa shape index (κ2) is 5.58. The fourth-order valence-electron chi connectivity index (χ4n) is 1.50. The number of rotatable bonds is 3. The minimum absolute atomic E-state index is 0.0843. The molecule has 0 atom stereocenters. The summed E-state index contributed by atoms with van der Waals surface area (Å²) in [5.41, 5.74) is -3.56. The largest absolute Gasteiger partial charge is 0.464 e. The predicted molar refractivity (Wildman–Crippen MR) is 67.3 cm³/mol. The SMILES string of the molecule is COC(=O)c1cnc(-c2ccc(SC(F)(F)F)cc2)[nH]1. The maximum Gasteiger partial charge on any atom is 0.446 e. The first kappa shape index (κ1) is 14.4. The summed E-state index contributed by atoms with van der Waals surface area (Å²) in [5.74, 6) is -0.179. The molecule has 1 heterocycles. The van der Waals surface area contributed by atoms with Gasteiger partial charge in [0.2, 0.25) is 0 Å². The second-order valence-electron chi connectivity index (χ2n) is 3.71. The van der Waals surface area contributed by atoms with E-state index in [-0.39, 0.29) is 22.4 Å². The van der Waals surface area contributed by atoms with Crippen LogP contribution in [0.4, 0.5) is 13.2 Å². The number of esters is 1. The molecule has 106 valence electrons. The van der Waals surface area contributed by atoms with Crippen molar-refractivity contribution in [2.45, 2.75) is 10.4 Å². The zero-order valence-corrected chi connectivity index (χ0v) is 11.0. The average molecular weight is 302 g/mol. The van der Waals surface area contributed by atoms with E-state index in [0.717, 1.165) is 0 Å². The zero-order chi connectivity index (χ0) is 14.8. The van der Waals surface area contributed by atoms with Gasteiger partial charge in [-0.25, -0.2) is 9.78 Å². The number of hydrogen-bond acceptors (Lipinski definition) is 4. The first-order valence-electron chi connectivity index (χ1n) is 5.38. The fourth-order valence-corrected chi connectivity index (χ4v) is 2.04. The number of carbonyl (C=O) groups is 1. The Bertz CT molecular complexity index is 608. The molecule has 0 saturated carbocycles. The molecule has 2 aromatic rings. The lowest BCUT2D eigenvalue weighted by atomic mass is 10.2.